The van der Waals surface area contributed by atoms with Crippen molar-refractivity contribution in [2.24, 2.45) is 0 Å². The van der Waals surface area contributed by atoms with Gasteiger partial charge >= 0.3 is 0 Å². The van der Waals surface area contributed by atoms with Crippen LogP contribution < -0.4 is 4.83 Å². The Morgan fingerprint density at radius 1 is 0.750 bits per heavy atom. The second kappa shape index (κ2) is 7.57. The minimum Gasteiger partial charge on any atom is -0.253 e. The molecule has 3 aromatic heterocycles. The predicted octanol–water partition coefficient (Wildman–Crippen LogP) is 2.48. The van der Waals surface area contributed by atoms with Gasteiger partial charge in [-0.2, -0.15) is 0 Å². The van der Waals surface area contributed by atoms with Gasteiger partial charge in [-0.05, 0) is 29.8 Å². The average molecular weight is 392 g/mol. The number of nitrogens with one attached hydrogen (secondary N) is 1. The van der Waals surface area contributed by atoms with Crippen molar-refractivity contribution in [1.29, 1.82) is 0 Å². The molecule has 0 bridgehead atoms. The molecule has 0 aliphatic carbocycles. The molecule has 4 rings (SSSR count). The summed E-state index contributed by atoms with van der Waals surface area (Å²) in [5.74, 6) is 0.366. The van der Waals surface area contributed by atoms with Crippen LogP contribution in [0.2, 0.25) is 0 Å². The van der Waals surface area contributed by atoms with Gasteiger partial charge < -0.3 is 0 Å². The highest BCUT2D eigenvalue weighted by Gasteiger charge is 2.21. The number of nitrogens with zero attached hydrogens (tertiary/aromatic N) is 5. The Labute approximate surface area is 162 Å². The minimum absolute atomic E-state index is 0.185. The number of pyridine rings is 2. The summed E-state index contributed by atoms with van der Waals surface area (Å²) < 4.78 is 26.9. The summed E-state index contributed by atoms with van der Waals surface area (Å²) in [6.07, 6.45) is 3.21. The quantitative estimate of drug-likeness (QED) is 0.541. The molecule has 1 N–H and O–H groups in total. The number of rotatable bonds is 6. The average Bonchev–Trinajstić information content (AvgIpc) is 3.12. The molecule has 0 atom stereocenters. The minimum atomic E-state index is -3.74. The molecule has 0 aliphatic heterocycles. The molecule has 0 fully saturated rings. The summed E-state index contributed by atoms with van der Waals surface area (Å²) in [6, 6.07) is 19.5. The highest BCUT2D eigenvalue weighted by atomic mass is 32.2. The normalized spacial score (nSPS) is 11.3. The molecule has 0 spiro atoms. The first-order valence-corrected chi connectivity index (χ1v) is 10.1. The van der Waals surface area contributed by atoms with E-state index in [0.29, 0.717) is 17.0 Å². The molecule has 0 saturated carbocycles. The van der Waals surface area contributed by atoms with Gasteiger partial charge in [0.05, 0.1) is 5.75 Å². The van der Waals surface area contributed by atoms with Gasteiger partial charge in [0.2, 0.25) is 21.7 Å². The largest absolute Gasteiger partial charge is 0.253 e. The van der Waals surface area contributed by atoms with E-state index >= 15 is 0 Å². The van der Waals surface area contributed by atoms with Gasteiger partial charge in [-0.3, -0.25) is 9.97 Å². The van der Waals surface area contributed by atoms with Crippen molar-refractivity contribution in [3.05, 3.63) is 84.7 Å². The van der Waals surface area contributed by atoms with Crippen LogP contribution in [0, 0.1) is 0 Å². The second-order valence-electron chi connectivity index (χ2n) is 5.95. The maximum Gasteiger partial charge on any atom is 0.250 e. The SMILES string of the molecule is O=S(=O)(Cc1ccccc1)Nn1c(-c2ccccn2)nnc1-c1ccccn1. The first-order chi connectivity index (χ1) is 13.6. The number of sulfonamides is 1. The third-order valence-corrected chi connectivity index (χ3v) is 5.06. The Morgan fingerprint density at radius 3 is 1.79 bits per heavy atom. The molecule has 9 heteroatoms. The van der Waals surface area contributed by atoms with Crippen LogP contribution in [0.3, 0.4) is 0 Å². The Bertz CT molecular complexity index is 1110. The van der Waals surface area contributed by atoms with Crippen LogP contribution in [-0.4, -0.2) is 33.3 Å². The molecule has 28 heavy (non-hydrogen) atoms. The first-order valence-electron chi connectivity index (χ1n) is 8.45. The highest BCUT2D eigenvalue weighted by Crippen LogP contribution is 2.21. The Hall–Kier alpha value is -3.59. The third-order valence-electron chi connectivity index (χ3n) is 3.88. The Balaban J connectivity index is 1.76. The Kier molecular flexibility index (Phi) is 4.81. The van der Waals surface area contributed by atoms with Crippen LogP contribution in [0.15, 0.2) is 79.1 Å². The molecule has 0 amide bonds. The van der Waals surface area contributed by atoms with Gasteiger partial charge in [0.25, 0.3) is 0 Å². The second-order valence-corrected chi connectivity index (χ2v) is 7.65. The summed E-state index contributed by atoms with van der Waals surface area (Å²) >= 11 is 0. The van der Waals surface area contributed by atoms with E-state index in [4.69, 9.17) is 0 Å². The summed E-state index contributed by atoms with van der Waals surface area (Å²) in [6.45, 7) is 0. The fraction of sp³-hybridized carbons (Fsp3) is 0.0526. The van der Waals surface area contributed by atoms with Crippen LogP contribution in [0.4, 0.5) is 0 Å². The number of aromatic nitrogens is 5. The zero-order chi connectivity index (χ0) is 19.4. The lowest BCUT2D eigenvalue weighted by atomic mass is 10.2. The van der Waals surface area contributed by atoms with Crippen molar-refractivity contribution in [3.63, 3.8) is 0 Å². The van der Waals surface area contributed by atoms with E-state index < -0.39 is 10.0 Å². The first kappa shape index (κ1) is 17.8. The van der Waals surface area contributed by atoms with Gasteiger partial charge in [-0.1, -0.05) is 42.5 Å². The topological polar surface area (TPSA) is 103 Å². The van der Waals surface area contributed by atoms with E-state index in [1.54, 1.807) is 73.1 Å². The van der Waals surface area contributed by atoms with E-state index in [9.17, 15) is 8.42 Å². The fourth-order valence-corrected chi connectivity index (χ4v) is 3.80. The highest BCUT2D eigenvalue weighted by molar-refractivity contribution is 7.91. The van der Waals surface area contributed by atoms with Crippen molar-refractivity contribution in [1.82, 2.24) is 24.8 Å². The fourth-order valence-electron chi connectivity index (χ4n) is 2.66. The van der Waals surface area contributed by atoms with E-state index in [0.717, 1.165) is 0 Å². The molecule has 3 heterocycles. The lowest BCUT2D eigenvalue weighted by Crippen LogP contribution is -2.26. The van der Waals surface area contributed by atoms with Gasteiger partial charge in [-0.25, -0.2) is 17.9 Å². The van der Waals surface area contributed by atoms with Crippen molar-refractivity contribution in [3.8, 4) is 23.0 Å². The van der Waals surface area contributed by atoms with Gasteiger partial charge in [0.15, 0.2) is 0 Å². The van der Waals surface area contributed by atoms with E-state index in [-0.39, 0.29) is 17.4 Å². The van der Waals surface area contributed by atoms with E-state index in [2.05, 4.69) is 25.0 Å². The monoisotopic (exact) mass is 392 g/mol. The van der Waals surface area contributed by atoms with Crippen molar-refractivity contribution < 1.29 is 8.42 Å². The molecule has 1 aromatic carbocycles. The lowest BCUT2D eigenvalue weighted by Gasteiger charge is -2.13. The summed E-state index contributed by atoms with van der Waals surface area (Å²) in [4.78, 5) is 11.1. The Morgan fingerprint density at radius 2 is 1.29 bits per heavy atom. The summed E-state index contributed by atoms with van der Waals surface area (Å²) in [5.41, 5.74) is 1.64. The van der Waals surface area contributed by atoms with Crippen LogP contribution in [-0.2, 0) is 15.8 Å². The molecular weight excluding hydrogens is 376 g/mol. The number of hydrogen-bond donors (Lipinski definition) is 1. The molecule has 8 nitrogen and oxygen atoms in total. The summed E-state index contributed by atoms with van der Waals surface area (Å²) in [7, 11) is -3.74. The lowest BCUT2D eigenvalue weighted by molar-refractivity contribution is 0.595. The van der Waals surface area contributed by atoms with Crippen molar-refractivity contribution in [2.75, 3.05) is 4.83 Å². The predicted molar refractivity (Wildman–Crippen MR) is 105 cm³/mol. The van der Waals surface area contributed by atoms with Crippen molar-refractivity contribution in [2.45, 2.75) is 5.75 Å². The van der Waals surface area contributed by atoms with E-state index in [1.807, 2.05) is 6.07 Å². The smallest absolute Gasteiger partial charge is 0.250 e. The molecule has 140 valence electrons. The number of hydrogen-bond acceptors (Lipinski definition) is 6. The zero-order valence-corrected chi connectivity index (χ0v) is 15.5. The van der Waals surface area contributed by atoms with Crippen LogP contribution in [0.5, 0.6) is 0 Å². The molecular formula is C19H16N6O2S. The molecule has 0 radical (unpaired) electrons. The van der Waals surface area contributed by atoms with Gasteiger partial charge in [0.1, 0.15) is 11.4 Å². The van der Waals surface area contributed by atoms with Crippen LogP contribution >= 0.6 is 0 Å². The molecule has 4 aromatic rings. The van der Waals surface area contributed by atoms with Crippen molar-refractivity contribution >= 4 is 10.0 Å². The molecule has 0 saturated heterocycles. The molecule has 0 unspecified atom stereocenters. The maximum atomic E-state index is 12.8. The standard InChI is InChI=1S/C19H16N6O2S/c26-28(27,14-15-8-2-1-3-9-15)24-25-18(16-10-4-6-12-20-16)22-23-19(25)17-11-5-7-13-21-17/h1-13,24H,14H2. The third kappa shape index (κ3) is 3.89. The zero-order valence-electron chi connectivity index (χ0n) is 14.7. The molecule has 0 aliphatic rings. The van der Waals surface area contributed by atoms with Gasteiger partial charge in [0, 0.05) is 12.4 Å². The number of benzene rings is 1. The van der Waals surface area contributed by atoms with Crippen LogP contribution in [0.25, 0.3) is 23.0 Å². The summed E-state index contributed by atoms with van der Waals surface area (Å²) in [5, 5.41) is 8.27. The van der Waals surface area contributed by atoms with Crippen LogP contribution in [0.1, 0.15) is 5.56 Å². The van der Waals surface area contributed by atoms with E-state index in [1.165, 1.54) is 4.68 Å². The maximum absolute atomic E-state index is 12.8. The van der Waals surface area contributed by atoms with Gasteiger partial charge in [-0.15, -0.1) is 10.2 Å².